The number of nitrogens with one attached hydrogen (secondary N) is 2. The van der Waals surface area contributed by atoms with Gasteiger partial charge in [0.1, 0.15) is 11.5 Å². The maximum Gasteiger partial charge on any atom is 0.255 e. The van der Waals surface area contributed by atoms with Crippen molar-refractivity contribution in [3.05, 3.63) is 75.4 Å². The summed E-state index contributed by atoms with van der Waals surface area (Å²) in [5.41, 5.74) is 7.95. The van der Waals surface area contributed by atoms with Crippen LogP contribution in [0.4, 0.5) is 5.95 Å². The second-order valence-corrected chi connectivity index (χ2v) is 7.23. The smallest absolute Gasteiger partial charge is 0.255 e. The normalized spacial score (nSPS) is 10.9. The summed E-state index contributed by atoms with van der Waals surface area (Å²) in [5, 5.41) is 3.14. The zero-order chi connectivity index (χ0) is 19.1. The summed E-state index contributed by atoms with van der Waals surface area (Å²) < 4.78 is 5.55. The molecular formula is C19H23N5O2S. The molecule has 3 aromatic heterocycles. The predicted octanol–water partition coefficient (Wildman–Crippen LogP) is 2.46. The number of aryl methyl sites for hydroxylation is 1. The van der Waals surface area contributed by atoms with Crippen molar-refractivity contribution in [2.75, 3.05) is 17.6 Å². The highest BCUT2D eigenvalue weighted by molar-refractivity contribution is 7.98. The minimum Gasteiger partial charge on any atom is -0.464 e. The van der Waals surface area contributed by atoms with Crippen molar-refractivity contribution in [1.29, 1.82) is 0 Å². The van der Waals surface area contributed by atoms with Gasteiger partial charge in [0, 0.05) is 42.4 Å². The first-order chi connectivity index (χ1) is 13.1. The molecule has 27 heavy (non-hydrogen) atoms. The molecule has 4 N–H and O–H groups in total. The van der Waals surface area contributed by atoms with Gasteiger partial charge in [-0.05, 0) is 30.7 Å². The summed E-state index contributed by atoms with van der Waals surface area (Å²) >= 11 is 1.74. The van der Waals surface area contributed by atoms with Gasteiger partial charge >= 0.3 is 0 Å². The van der Waals surface area contributed by atoms with Gasteiger partial charge in [-0.1, -0.05) is 6.07 Å². The molecule has 0 bridgehead atoms. The van der Waals surface area contributed by atoms with E-state index in [9.17, 15) is 4.79 Å². The van der Waals surface area contributed by atoms with Crippen molar-refractivity contribution in [1.82, 2.24) is 15.0 Å². The monoisotopic (exact) mass is 385 g/mol. The van der Waals surface area contributed by atoms with Crippen LogP contribution in [0.25, 0.3) is 0 Å². The van der Waals surface area contributed by atoms with Crippen LogP contribution < -0.4 is 16.6 Å². The number of hydrogen-bond acceptors (Lipinski definition) is 7. The number of H-pyrrole nitrogens is 1. The van der Waals surface area contributed by atoms with E-state index in [4.69, 9.17) is 10.2 Å². The van der Waals surface area contributed by atoms with Gasteiger partial charge in [-0.2, -0.15) is 11.8 Å². The number of rotatable bonds is 9. The molecule has 0 saturated carbocycles. The lowest BCUT2D eigenvalue weighted by Crippen LogP contribution is -2.18. The molecule has 8 heteroatoms. The summed E-state index contributed by atoms with van der Waals surface area (Å²) in [6.45, 7) is 3.05. The molecule has 142 valence electrons. The number of hydrogen-bond donors (Lipinski definition) is 3. The van der Waals surface area contributed by atoms with Crippen LogP contribution in [0.5, 0.6) is 0 Å². The van der Waals surface area contributed by atoms with Gasteiger partial charge in [-0.15, -0.1) is 0 Å². The number of nitrogens with two attached hydrogens (primary N) is 1. The van der Waals surface area contributed by atoms with Crippen molar-refractivity contribution in [3.8, 4) is 0 Å². The highest BCUT2D eigenvalue weighted by Gasteiger charge is 2.05. The Morgan fingerprint density at radius 2 is 2.04 bits per heavy atom. The average molecular weight is 385 g/mol. The van der Waals surface area contributed by atoms with E-state index in [2.05, 4.69) is 20.3 Å². The van der Waals surface area contributed by atoms with E-state index in [0.29, 0.717) is 31.0 Å². The van der Waals surface area contributed by atoms with E-state index >= 15 is 0 Å². The minimum atomic E-state index is -0.134. The van der Waals surface area contributed by atoms with Crippen LogP contribution in [-0.2, 0) is 18.7 Å². The van der Waals surface area contributed by atoms with Gasteiger partial charge in [0.25, 0.3) is 5.56 Å². The van der Waals surface area contributed by atoms with Crippen LogP contribution in [0.2, 0.25) is 0 Å². The van der Waals surface area contributed by atoms with Crippen molar-refractivity contribution < 1.29 is 4.42 Å². The standard InChI is InChI=1S/C19H23N5O2S/c1-13-2-3-14(10-22-13)8-15-11-23-19(24-18(15)25)21-6-7-27-12-17-5-4-16(9-20)26-17/h2-5,10-11H,6-9,12,20H2,1H3,(H2,21,23,24,25). The molecule has 0 aromatic carbocycles. The molecule has 0 amide bonds. The second-order valence-electron chi connectivity index (χ2n) is 6.12. The van der Waals surface area contributed by atoms with Crippen molar-refractivity contribution >= 4 is 17.7 Å². The van der Waals surface area contributed by atoms with Crippen molar-refractivity contribution in [3.63, 3.8) is 0 Å². The number of anilines is 1. The summed E-state index contributed by atoms with van der Waals surface area (Å²) in [5.74, 6) is 3.85. The molecule has 3 rings (SSSR count). The first kappa shape index (κ1) is 19.2. The molecule has 0 aliphatic heterocycles. The van der Waals surface area contributed by atoms with Gasteiger partial charge in [-0.25, -0.2) is 4.98 Å². The fourth-order valence-electron chi connectivity index (χ4n) is 2.48. The number of furan rings is 1. The van der Waals surface area contributed by atoms with Crippen molar-refractivity contribution in [2.24, 2.45) is 5.73 Å². The van der Waals surface area contributed by atoms with Crippen LogP contribution in [0.1, 0.15) is 28.3 Å². The largest absolute Gasteiger partial charge is 0.464 e. The van der Waals surface area contributed by atoms with E-state index in [1.54, 1.807) is 24.2 Å². The first-order valence-corrected chi connectivity index (χ1v) is 9.88. The van der Waals surface area contributed by atoms with Gasteiger partial charge in [0.15, 0.2) is 0 Å². The molecule has 0 aliphatic rings. The molecule has 3 aromatic rings. The summed E-state index contributed by atoms with van der Waals surface area (Å²) in [6.07, 6.45) is 3.92. The lowest BCUT2D eigenvalue weighted by molar-refractivity contribution is 0.482. The zero-order valence-corrected chi connectivity index (χ0v) is 16.0. The molecule has 0 unspecified atom stereocenters. The molecule has 3 heterocycles. The number of aromatic nitrogens is 3. The van der Waals surface area contributed by atoms with Crippen molar-refractivity contribution in [2.45, 2.75) is 25.6 Å². The lowest BCUT2D eigenvalue weighted by Gasteiger charge is -2.06. The highest BCUT2D eigenvalue weighted by Crippen LogP contribution is 2.15. The molecule has 0 saturated heterocycles. The maximum atomic E-state index is 12.2. The molecular weight excluding hydrogens is 362 g/mol. The Hall–Kier alpha value is -2.58. The third-order valence-electron chi connectivity index (χ3n) is 3.94. The summed E-state index contributed by atoms with van der Waals surface area (Å²) in [7, 11) is 0. The van der Waals surface area contributed by atoms with Crippen LogP contribution in [0.15, 0.2) is 45.9 Å². The fraction of sp³-hybridized carbons (Fsp3) is 0.316. The Morgan fingerprint density at radius 1 is 1.19 bits per heavy atom. The van der Waals surface area contributed by atoms with E-state index < -0.39 is 0 Å². The van der Waals surface area contributed by atoms with Gasteiger partial charge in [0.05, 0.1) is 12.3 Å². The Morgan fingerprint density at radius 3 is 2.74 bits per heavy atom. The summed E-state index contributed by atoms with van der Waals surface area (Å²) in [6, 6.07) is 7.76. The molecule has 0 radical (unpaired) electrons. The van der Waals surface area contributed by atoms with E-state index in [1.807, 2.05) is 31.2 Å². The highest BCUT2D eigenvalue weighted by atomic mass is 32.2. The van der Waals surface area contributed by atoms with Crippen LogP contribution >= 0.6 is 11.8 Å². The maximum absolute atomic E-state index is 12.2. The van der Waals surface area contributed by atoms with E-state index in [0.717, 1.165) is 34.3 Å². The Kier molecular flexibility index (Phi) is 6.67. The van der Waals surface area contributed by atoms with Crippen LogP contribution in [0, 0.1) is 6.92 Å². The molecule has 0 atom stereocenters. The zero-order valence-electron chi connectivity index (χ0n) is 15.2. The lowest BCUT2D eigenvalue weighted by atomic mass is 10.1. The van der Waals surface area contributed by atoms with Gasteiger partial charge < -0.3 is 15.5 Å². The SMILES string of the molecule is Cc1ccc(Cc2cnc(NCCSCc3ccc(CN)o3)[nH]c2=O)cn1. The number of pyridine rings is 1. The molecule has 0 fully saturated rings. The van der Waals surface area contributed by atoms with E-state index in [1.165, 1.54) is 0 Å². The number of aromatic amines is 1. The van der Waals surface area contributed by atoms with Gasteiger partial charge in [-0.3, -0.25) is 14.8 Å². The van der Waals surface area contributed by atoms with Crippen LogP contribution in [0.3, 0.4) is 0 Å². The third kappa shape index (κ3) is 5.70. The molecule has 0 spiro atoms. The quantitative estimate of drug-likeness (QED) is 0.485. The Bertz CT molecular complexity index is 920. The fourth-order valence-corrected chi connectivity index (χ4v) is 3.23. The minimum absolute atomic E-state index is 0.134. The second kappa shape index (κ2) is 9.38. The predicted molar refractivity (Wildman–Crippen MR) is 108 cm³/mol. The van der Waals surface area contributed by atoms with Crippen LogP contribution in [-0.4, -0.2) is 27.2 Å². The topological polar surface area (TPSA) is 110 Å². The Balaban J connectivity index is 1.44. The number of nitrogens with zero attached hydrogens (tertiary/aromatic N) is 2. The Labute approximate surface area is 161 Å². The van der Waals surface area contributed by atoms with Gasteiger partial charge in [0.2, 0.25) is 5.95 Å². The average Bonchev–Trinajstić information content (AvgIpc) is 3.13. The summed E-state index contributed by atoms with van der Waals surface area (Å²) in [4.78, 5) is 23.6. The number of thioether (sulfide) groups is 1. The molecule has 0 aliphatic carbocycles. The van der Waals surface area contributed by atoms with E-state index in [-0.39, 0.29) is 5.56 Å². The first-order valence-electron chi connectivity index (χ1n) is 8.73. The molecule has 7 nitrogen and oxygen atoms in total. The third-order valence-corrected chi connectivity index (χ3v) is 4.92.